The van der Waals surface area contributed by atoms with Gasteiger partial charge in [-0.3, -0.25) is 4.79 Å². The first-order valence-corrected chi connectivity index (χ1v) is 7.58. The molecule has 0 radical (unpaired) electrons. The highest BCUT2D eigenvalue weighted by atomic mass is 19.4. The number of carbonyl (C=O) groups excluding carboxylic acids is 1. The first kappa shape index (κ1) is 17.8. The topological polar surface area (TPSA) is 32.3 Å². The van der Waals surface area contributed by atoms with Gasteiger partial charge in [0.15, 0.2) is 0 Å². The fraction of sp³-hybridized carbons (Fsp3) is 0.278. The van der Waals surface area contributed by atoms with Gasteiger partial charge < -0.3 is 10.2 Å². The number of likely N-dealkylation sites (N-methyl/N-ethyl adjacent to an activating group) is 1. The zero-order chi connectivity index (χ0) is 17.7. The van der Waals surface area contributed by atoms with Gasteiger partial charge in [0.2, 0.25) is 5.91 Å². The van der Waals surface area contributed by atoms with Crippen LogP contribution in [-0.2, 0) is 11.0 Å². The minimum atomic E-state index is -4.43. The third-order valence-corrected chi connectivity index (χ3v) is 3.56. The van der Waals surface area contributed by atoms with E-state index in [1.165, 1.54) is 12.1 Å². The van der Waals surface area contributed by atoms with E-state index in [1.54, 1.807) is 0 Å². The standard InChI is InChI=1S/C18H19F3N2O/c1-3-23(16-9-4-6-13(2)10-16)12-17(24)22-15-8-5-7-14(11-15)18(19,20)21/h4-11H,3,12H2,1-2H3,(H,22,24). The second-order valence-corrected chi connectivity index (χ2v) is 5.48. The van der Waals surface area contributed by atoms with Gasteiger partial charge >= 0.3 is 6.18 Å². The summed E-state index contributed by atoms with van der Waals surface area (Å²) in [6, 6.07) is 12.3. The Balaban J connectivity index is 2.07. The maximum absolute atomic E-state index is 12.7. The Bertz CT molecular complexity index is 713. The second-order valence-electron chi connectivity index (χ2n) is 5.48. The molecule has 0 aliphatic heterocycles. The molecule has 1 N–H and O–H groups in total. The van der Waals surface area contributed by atoms with Crippen LogP contribution in [0, 0.1) is 6.92 Å². The fourth-order valence-corrected chi connectivity index (χ4v) is 2.36. The highest BCUT2D eigenvalue weighted by Crippen LogP contribution is 2.30. The van der Waals surface area contributed by atoms with Crippen molar-refractivity contribution in [3.63, 3.8) is 0 Å². The molecule has 0 bridgehead atoms. The molecule has 0 unspecified atom stereocenters. The lowest BCUT2D eigenvalue weighted by Gasteiger charge is -2.23. The molecule has 0 aliphatic carbocycles. The molecule has 0 aliphatic rings. The summed E-state index contributed by atoms with van der Waals surface area (Å²) in [6.07, 6.45) is -4.43. The van der Waals surface area contributed by atoms with Crippen LogP contribution in [0.2, 0.25) is 0 Å². The molecule has 6 heteroatoms. The van der Waals surface area contributed by atoms with Crippen LogP contribution in [-0.4, -0.2) is 19.0 Å². The molecule has 2 rings (SSSR count). The third-order valence-electron chi connectivity index (χ3n) is 3.56. The molecule has 0 aromatic heterocycles. The third kappa shape index (κ3) is 4.75. The largest absolute Gasteiger partial charge is 0.416 e. The van der Waals surface area contributed by atoms with Crippen molar-refractivity contribution in [2.45, 2.75) is 20.0 Å². The van der Waals surface area contributed by atoms with Crippen LogP contribution in [0.1, 0.15) is 18.1 Å². The first-order valence-electron chi connectivity index (χ1n) is 7.58. The maximum atomic E-state index is 12.7. The van der Waals surface area contributed by atoms with Crippen LogP contribution in [0.3, 0.4) is 0 Å². The minimum Gasteiger partial charge on any atom is -0.362 e. The Labute approximate surface area is 139 Å². The molecule has 2 aromatic carbocycles. The summed E-state index contributed by atoms with van der Waals surface area (Å²) in [5, 5.41) is 2.52. The molecule has 2 aromatic rings. The van der Waals surface area contributed by atoms with Gasteiger partial charge in [0.1, 0.15) is 0 Å². The van der Waals surface area contributed by atoms with Gasteiger partial charge in [0.05, 0.1) is 12.1 Å². The van der Waals surface area contributed by atoms with Crippen molar-refractivity contribution < 1.29 is 18.0 Å². The molecule has 0 saturated heterocycles. The Morgan fingerprint density at radius 2 is 1.83 bits per heavy atom. The molecule has 0 saturated carbocycles. The predicted octanol–water partition coefficient (Wildman–Crippen LogP) is 4.48. The number of nitrogens with zero attached hydrogens (tertiary/aromatic N) is 1. The molecule has 128 valence electrons. The van der Waals surface area contributed by atoms with Gasteiger partial charge in [-0.15, -0.1) is 0 Å². The van der Waals surface area contributed by atoms with Crippen molar-refractivity contribution >= 4 is 17.3 Å². The molecule has 0 spiro atoms. The average molecular weight is 336 g/mol. The number of rotatable bonds is 5. The number of amides is 1. The molecular formula is C18H19F3N2O. The monoisotopic (exact) mass is 336 g/mol. The number of benzene rings is 2. The van der Waals surface area contributed by atoms with Crippen molar-refractivity contribution in [1.29, 1.82) is 0 Å². The van der Waals surface area contributed by atoms with Crippen molar-refractivity contribution in [3.8, 4) is 0 Å². The smallest absolute Gasteiger partial charge is 0.362 e. The van der Waals surface area contributed by atoms with Gasteiger partial charge in [-0.1, -0.05) is 18.2 Å². The van der Waals surface area contributed by atoms with E-state index in [0.717, 1.165) is 23.4 Å². The predicted molar refractivity (Wildman–Crippen MR) is 89.1 cm³/mol. The van der Waals surface area contributed by atoms with E-state index in [0.29, 0.717) is 6.54 Å². The summed E-state index contributed by atoms with van der Waals surface area (Å²) < 4.78 is 38.1. The molecule has 0 heterocycles. The van der Waals surface area contributed by atoms with Crippen LogP contribution in [0.4, 0.5) is 24.5 Å². The summed E-state index contributed by atoms with van der Waals surface area (Å²) in [7, 11) is 0. The van der Waals surface area contributed by atoms with Crippen LogP contribution in [0.15, 0.2) is 48.5 Å². The van der Waals surface area contributed by atoms with Crippen LogP contribution < -0.4 is 10.2 Å². The number of hydrogen-bond donors (Lipinski definition) is 1. The van der Waals surface area contributed by atoms with Gasteiger partial charge in [-0.05, 0) is 49.7 Å². The van der Waals surface area contributed by atoms with Crippen LogP contribution >= 0.6 is 0 Å². The quantitative estimate of drug-likeness (QED) is 0.873. The van der Waals surface area contributed by atoms with Gasteiger partial charge in [0.25, 0.3) is 0 Å². The number of alkyl halides is 3. The molecule has 0 fully saturated rings. The molecule has 3 nitrogen and oxygen atoms in total. The lowest BCUT2D eigenvalue weighted by Crippen LogP contribution is -2.33. The Morgan fingerprint density at radius 3 is 2.46 bits per heavy atom. The van der Waals surface area contributed by atoms with E-state index in [1.807, 2.05) is 43.0 Å². The summed E-state index contributed by atoms with van der Waals surface area (Å²) in [6.45, 7) is 4.55. The first-order chi connectivity index (χ1) is 11.3. The van der Waals surface area contributed by atoms with Crippen molar-refractivity contribution in [2.75, 3.05) is 23.3 Å². The number of carbonyl (C=O) groups is 1. The highest BCUT2D eigenvalue weighted by molar-refractivity contribution is 5.94. The minimum absolute atomic E-state index is 0.0657. The number of halogens is 3. The van der Waals surface area contributed by atoms with Crippen LogP contribution in [0.25, 0.3) is 0 Å². The Morgan fingerprint density at radius 1 is 1.12 bits per heavy atom. The van der Waals surface area contributed by atoms with Gasteiger partial charge in [-0.2, -0.15) is 13.2 Å². The summed E-state index contributed by atoms with van der Waals surface area (Å²) in [5.41, 5.74) is 1.32. The maximum Gasteiger partial charge on any atom is 0.416 e. The van der Waals surface area contributed by atoms with Crippen molar-refractivity contribution in [1.82, 2.24) is 0 Å². The zero-order valence-electron chi connectivity index (χ0n) is 13.5. The highest BCUT2D eigenvalue weighted by Gasteiger charge is 2.30. The fourth-order valence-electron chi connectivity index (χ4n) is 2.36. The van der Waals surface area contributed by atoms with E-state index in [4.69, 9.17) is 0 Å². The van der Waals surface area contributed by atoms with Gasteiger partial charge in [0, 0.05) is 17.9 Å². The molecular weight excluding hydrogens is 317 g/mol. The lowest BCUT2D eigenvalue weighted by atomic mass is 10.2. The van der Waals surface area contributed by atoms with E-state index in [9.17, 15) is 18.0 Å². The summed E-state index contributed by atoms with van der Waals surface area (Å²) in [4.78, 5) is 14.0. The van der Waals surface area contributed by atoms with Crippen molar-refractivity contribution in [2.24, 2.45) is 0 Å². The average Bonchev–Trinajstić information content (AvgIpc) is 2.52. The Kier molecular flexibility index (Phi) is 5.49. The van der Waals surface area contributed by atoms with E-state index < -0.39 is 11.7 Å². The number of anilines is 2. The normalized spacial score (nSPS) is 11.2. The van der Waals surface area contributed by atoms with E-state index in [-0.39, 0.29) is 18.1 Å². The number of hydrogen-bond acceptors (Lipinski definition) is 2. The SMILES string of the molecule is CCN(CC(=O)Nc1cccc(C(F)(F)F)c1)c1cccc(C)c1. The number of aryl methyl sites for hydroxylation is 1. The van der Waals surface area contributed by atoms with Gasteiger partial charge in [-0.25, -0.2) is 0 Å². The molecule has 0 atom stereocenters. The molecule has 1 amide bonds. The molecule has 24 heavy (non-hydrogen) atoms. The number of nitrogens with one attached hydrogen (secondary N) is 1. The van der Waals surface area contributed by atoms with Crippen LogP contribution in [0.5, 0.6) is 0 Å². The van der Waals surface area contributed by atoms with E-state index in [2.05, 4.69) is 5.32 Å². The lowest BCUT2D eigenvalue weighted by molar-refractivity contribution is -0.137. The van der Waals surface area contributed by atoms with E-state index >= 15 is 0 Å². The second kappa shape index (κ2) is 7.38. The Hall–Kier alpha value is -2.50. The summed E-state index contributed by atoms with van der Waals surface area (Å²) >= 11 is 0. The zero-order valence-corrected chi connectivity index (χ0v) is 13.5. The summed E-state index contributed by atoms with van der Waals surface area (Å²) in [5.74, 6) is -0.363. The van der Waals surface area contributed by atoms with Crippen molar-refractivity contribution in [3.05, 3.63) is 59.7 Å².